The zero-order valence-corrected chi connectivity index (χ0v) is 11.1. The Morgan fingerprint density at radius 3 is 3.16 bits per heavy atom. The molecule has 2 rings (SSSR count). The molecule has 1 aromatic rings. The Labute approximate surface area is 112 Å². The van der Waals surface area contributed by atoms with E-state index in [1.807, 2.05) is 6.92 Å². The van der Waals surface area contributed by atoms with E-state index in [0.717, 1.165) is 32.3 Å². The summed E-state index contributed by atoms with van der Waals surface area (Å²) >= 11 is 0. The molecule has 5 heteroatoms. The van der Waals surface area contributed by atoms with E-state index in [1.54, 1.807) is 6.07 Å². The number of hydrogen-bond acceptors (Lipinski definition) is 3. The first kappa shape index (κ1) is 13.8. The van der Waals surface area contributed by atoms with Crippen LogP contribution < -0.4 is 10.9 Å². The molecular formula is C14H20N2O3. The summed E-state index contributed by atoms with van der Waals surface area (Å²) in [6.07, 6.45) is 5.90. The predicted octanol–water partition coefficient (Wildman–Crippen LogP) is 1.45. The van der Waals surface area contributed by atoms with E-state index in [9.17, 15) is 9.59 Å². The predicted molar refractivity (Wildman–Crippen MR) is 72.2 cm³/mol. The molecule has 0 aliphatic carbocycles. The molecule has 2 N–H and O–H groups in total. The standard InChI is InChI=1S/C14H20N2O3/c1-10(6-7-11-4-3-9-19-11)16-14(18)12-5-2-8-15-13(12)17/h2,5,8,10-11H,3-4,6-7,9H2,1H3,(H,15,17)(H,16,18)/t10-,11+/m1/s1. The van der Waals surface area contributed by atoms with Crippen LogP contribution in [-0.2, 0) is 4.74 Å². The molecule has 0 saturated carbocycles. The molecular weight excluding hydrogens is 244 g/mol. The number of rotatable bonds is 5. The minimum atomic E-state index is -0.355. The molecule has 0 aromatic carbocycles. The fourth-order valence-electron chi connectivity index (χ4n) is 2.28. The molecule has 104 valence electrons. The number of carbonyl (C=O) groups is 1. The summed E-state index contributed by atoms with van der Waals surface area (Å²) in [4.78, 5) is 25.9. The Hall–Kier alpha value is -1.62. The quantitative estimate of drug-likeness (QED) is 0.845. The van der Waals surface area contributed by atoms with Crippen LogP contribution in [0.4, 0.5) is 0 Å². The van der Waals surface area contributed by atoms with Crippen LogP contribution in [0.15, 0.2) is 23.1 Å². The van der Waals surface area contributed by atoms with Crippen LogP contribution in [0.1, 0.15) is 43.0 Å². The van der Waals surface area contributed by atoms with Gasteiger partial charge in [0.1, 0.15) is 5.56 Å². The lowest BCUT2D eigenvalue weighted by molar-refractivity contribution is 0.0898. The van der Waals surface area contributed by atoms with Gasteiger partial charge in [0.2, 0.25) is 0 Å². The lowest BCUT2D eigenvalue weighted by Crippen LogP contribution is -2.36. The van der Waals surface area contributed by atoms with Crippen molar-refractivity contribution in [3.8, 4) is 0 Å². The molecule has 0 unspecified atom stereocenters. The molecule has 1 aromatic heterocycles. The van der Waals surface area contributed by atoms with E-state index >= 15 is 0 Å². The van der Waals surface area contributed by atoms with Gasteiger partial charge in [-0.3, -0.25) is 9.59 Å². The number of carbonyl (C=O) groups excluding carboxylic acids is 1. The number of ether oxygens (including phenoxy) is 1. The van der Waals surface area contributed by atoms with Crippen LogP contribution in [0.5, 0.6) is 0 Å². The number of aromatic nitrogens is 1. The van der Waals surface area contributed by atoms with Gasteiger partial charge in [0.05, 0.1) is 6.10 Å². The third-order valence-corrected chi connectivity index (χ3v) is 3.39. The second-order valence-corrected chi connectivity index (χ2v) is 5.00. The van der Waals surface area contributed by atoms with Crippen molar-refractivity contribution in [2.24, 2.45) is 0 Å². The monoisotopic (exact) mass is 264 g/mol. The molecule has 2 atom stereocenters. The van der Waals surface area contributed by atoms with Crippen molar-refractivity contribution < 1.29 is 9.53 Å². The highest BCUT2D eigenvalue weighted by Gasteiger charge is 2.18. The van der Waals surface area contributed by atoms with Gasteiger partial charge in [0, 0.05) is 18.8 Å². The highest BCUT2D eigenvalue weighted by molar-refractivity contribution is 5.93. The van der Waals surface area contributed by atoms with Crippen molar-refractivity contribution in [1.29, 1.82) is 0 Å². The lowest BCUT2D eigenvalue weighted by Gasteiger charge is -2.16. The maximum absolute atomic E-state index is 11.9. The average molecular weight is 264 g/mol. The van der Waals surface area contributed by atoms with Gasteiger partial charge in [-0.15, -0.1) is 0 Å². The van der Waals surface area contributed by atoms with Gasteiger partial charge < -0.3 is 15.0 Å². The number of amides is 1. The van der Waals surface area contributed by atoms with Crippen LogP contribution in [0.3, 0.4) is 0 Å². The Morgan fingerprint density at radius 2 is 2.47 bits per heavy atom. The van der Waals surface area contributed by atoms with E-state index in [1.165, 1.54) is 12.3 Å². The first-order valence-electron chi connectivity index (χ1n) is 6.77. The molecule has 1 amide bonds. The Morgan fingerprint density at radius 1 is 1.63 bits per heavy atom. The molecule has 1 fully saturated rings. The summed E-state index contributed by atoms with van der Waals surface area (Å²) in [6, 6.07) is 3.21. The molecule has 0 spiro atoms. The van der Waals surface area contributed by atoms with Crippen molar-refractivity contribution in [1.82, 2.24) is 10.3 Å². The number of H-pyrrole nitrogens is 1. The van der Waals surface area contributed by atoms with Gasteiger partial charge >= 0.3 is 0 Å². The molecule has 2 heterocycles. The highest BCUT2D eigenvalue weighted by atomic mass is 16.5. The van der Waals surface area contributed by atoms with E-state index < -0.39 is 0 Å². The van der Waals surface area contributed by atoms with Crippen LogP contribution >= 0.6 is 0 Å². The van der Waals surface area contributed by atoms with Crippen molar-refractivity contribution in [3.05, 3.63) is 34.2 Å². The van der Waals surface area contributed by atoms with Crippen LogP contribution in [0, 0.1) is 0 Å². The molecule has 1 saturated heterocycles. The van der Waals surface area contributed by atoms with Gasteiger partial charge in [-0.25, -0.2) is 0 Å². The summed E-state index contributed by atoms with van der Waals surface area (Å²) in [5, 5.41) is 2.85. The molecule has 5 nitrogen and oxygen atoms in total. The van der Waals surface area contributed by atoms with E-state index in [4.69, 9.17) is 4.74 Å². The second-order valence-electron chi connectivity index (χ2n) is 5.00. The summed E-state index contributed by atoms with van der Waals surface area (Å²) in [7, 11) is 0. The van der Waals surface area contributed by atoms with Crippen LogP contribution in [0.25, 0.3) is 0 Å². The van der Waals surface area contributed by atoms with Crippen LogP contribution in [-0.4, -0.2) is 29.6 Å². The van der Waals surface area contributed by atoms with E-state index in [2.05, 4.69) is 10.3 Å². The maximum atomic E-state index is 11.9. The normalized spacial score (nSPS) is 20.2. The highest BCUT2D eigenvalue weighted by Crippen LogP contribution is 2.17. The summed E-state index contributed by atoms with van der Waals surface area (Å²) in [6.45, 7) is 2.80. The number of hydrogen-bond donors (Lipinski definition) is 2. The number of nitrogens with one attached hydrogen (secondary N) is 2. The smallest absolute Gasteiger partial charge is 0.260 e. The first-order valence-corrected chi connectivity index (χ1v) is 6.77. The van der Waals surface area contributed by atoms with E-state index in [-0.39, 0.29) is 23.1 Å². The van der Waals surface area contributed by atoms with Crippen molar-refractivity contribution in [3.63, 3.8) is 0 Å². The third-order valence-electron chi connectivity index (χ3n) is 3.39. The van der Waals surface area contributed by atoms with Crippen molar-refractivity contribution in [2.45, 2.75) is 44.8 Å². The van der Waals surface area contributed by atoms with Gasteiger partial charge in [-0.1, -0.05) is 0 Å². The minimum absolute atomic E-state index is 0.0382. The summed E-state index contributed by atoms with van der Waals surface area (Å²) in [5.74, 6) is -0.318. The summed E-state index contributed by atoms with van der Waals surface area (Å²) in [5.41, 5.74) is -0.196. The minimum Gasteiger partial charge on any atom is -0.378 e. The first-order chi connectivity index (χ1) is 9.16. The maximum Gasteiger partial charge on any atom is 0.260 e. The largest absolute Gasteiger partial charge is 0.378 e. The zero-order chi connectivity index (χ0) is 13.7. The fourth-order valence-corrected chi connectivity index (χ4v) is 2.28. The molecule has 0 radical (unpaired) electrons. The Bertz CT molecular complexity index is 478. The third kappa shape index (κ3) is 3.92. The Kier molecular flexibility index (Phi) is 4.74. The molecule has 1 aliphatic heterocycles. The molecule has 0 bridgehead atoms. The van der Waals surface area contributed by atoms with Gasteiger partial charge in [0.15, 0.2) is 0 Å². The number of pyridine rings is 1. The lowest BCUT2D eigenvalue weighted by atomic mass is 10.1. The topological polar surface area (TPSA) is 71.2 Å². The van der Waals surface area contributed by atoms with Gasteiger partial charge in [-0.2, -0.15) is 0 Å². The average Bonchev–Trinajstić information content (AvgIpc) is 2.90. The van der Waals surface area contributed by atoms with Gasteiger partial charge in [0.25, 0.3) is 11.5 Å². The summed E-state index contributed by atoms with van der Waals surface area (Å²) < 4.78 is 5.54. The fraction of sp³-hybridized carbons (Fsp3) is 0.571. The second kappa shape index (κ2) is 6.52. The Balaban J connectivity index is 1.81. The number of aromatic amines is 1. The molecule has 19 heavy (non-hydrogen) atoms. The SMILES string of the molecule is C[C@H](CC[C@@H]1CCCO1)NC(=O)c1ccc[nH]c1=O. The van der Waals surface area contributed by atoms with Gasteiger partial charge in [-0.05, 0) is 44.7 Å². The van der Waals surface area contributed by atoms with E-state index in [0.29, 0.717) is 6.10 Å². The van der Waals surface area contributed by atoms with Crippen molar-refractivity contribution >= 4 is 5.91 Å². The van der Waals surface area contributed by atoms with Crippen LogP contribution in [0.2, 0.25) is 0 Å². The van der Waals surface area contributed by atoms with Crippen molar-refractivity contribution in [2.75, 3.05) is 6.61 Å². The zero-order valence-electron chi connectivity index (χ0n) is 11.1. The molecule has 1 aliphatic rings.